The van der Waals surface area contributed by atoms with Crippen molar-refractivity contribution in [3.63, 3.8) is 0 Å². The van der Waals surface area contributed by atoms with Gasteiger partial charge in [0.2, 0.25) is 0 Å². The molecule has 0 amide bonds. The Balaban J connectivity index is -0.000000520. The van der Waals surface area contributed by atoms with Crippen LogP contribution in [0.15, 0.2) is 0 Å². The van der Waals surface area contributed by atoms with Crippen LogP contribution >= 0.6 is 0 Å². The molecule has 0 rings (SSSR count). The SMILES string of the molecule is CCCCCCCCCCCC(O)OCC.O=S(=O)(O)O.[NaH]. The predicted octanol–water partition coefficient (Wildman–Crippen LogP) is 2.96. The minimum atomic E-state index is -4.67. The van der Waals surface area contributed by atoms with E-state index >= 15 is 0 Å². The van der Waals surface area contributed by atoms with Crippen LogP contribution in [-0.2, 0) is 15.1 Å². The van der Waals surface area contributed by atoms with Crippen LogP contribution in [0.3, 0.4) is 0 Å². The maximum absolute atomic E-state index is 9.33. The zero-order valence-corrected chi connectivity index (χ0v) is 14.1. The third-order valence-electron chi connectivity index (χ3n) is 2.91. The van der Waals surface area contributed by atoms with E-state index in [9.17, 15) is 5.11 Å². The summed E-state index contributed by atoms with van der Waals surface area (Å²) in [5.41, 5.74) is 0. The number of rotatable bonds is 12. The fourth-order valence-corrected chi connectivity index (χ4v) is 1.91. The zero-order valence-electron chi connectivity index (χ0n) is 13.3. The molecule has 1 unspecified atom stereocenters. The van der Waals surface area contributed by atoms with E-state index in [0.717, 1.165) is 12.8 Å². The molecule has 6 nitrogen and oxygen atoms in total. The van der Waals surface area contributed by atoms with Gasteiger partial charge in [-0.15, -0.1) is 0 Å². The van der Waals surface area contributed by atoms with Gasteiger partial charge in [-0.3, -0.25) is 9.11 Å². The van der Waals surface area contributed by atoms with Crippen molar-refractivity contribution >= 4 is 40.0 Å². The molecule has 0 bridgehead atoms. The third-order valence-corrected chi connectivity index (χ3v) is 2.91. The van der Waals surface area contributed by atoms with Gasteiger partial charge in [0.05, 0.1) is 0 Å². The first-order valence-electron chi connectivity index (χ1n) is 7.80. The zero-order chi connectivity index (χ0) is 16.6. The molecule has 0 aromatic heterocycles. The first kappa shape index (κ1) is 27.6. The summed E-state index contributed by atoms with van der Waals surface area (Å²) in [6.07, 6.45) is 12.2. The number of aliphatic hydroxyl groups excluding tert-OH is 1. The van der Waals surface area contributed by atoms with Gasteiger partial charge in [0.1, 0.15) is 0 Å². The quantitative estimate of drug-likeness (QED) is 0.216. The summed E-state index contributed by atoms with van der Waals surface area (Å²) in [6.45, 7) is 4.78. The Hall–Kier alpha value is 0.790. The summed E-state index contributed by atoms with van der Waals surface area (Å²) < 4.78 is 36.7. The third kappa shape index (κ3) is 37.2. The van der Waals surface area contributed by atoms with Crippen LogP contribution in [0.4, 0.5) is 0 Å². The number of hydrogen-bond donors (Lipinski definition) is 3. The van der Waals surface area contributed by atoms with Crippen molar-refractivity contribution in [2.45, 2.75) is 84.3 Å². The van der Waals surface area contributed by atoms with Crippen molar-refractivity contribution in [1.29, 1.82) is 0 Å². The normalized spacial score (nSPS) is 12.0. The minimum absolute atomic E-state index is 0. The predicted molar refractivity (Wildman–Crippen MR) is 90.8 cm³/mol. The number of hydrogen-bond acceptors (Lipinski definition) is 4. The molecule has 22 heavy (non-hydrogen) atoms. The van der Waals surface area contributed by atoms with Crippen molar-refractivity contribution in [3.8, 4) is 0 Å². The first-order valence-corrected chi connectivity index (χ1v) is 9.20. The molecule has 0 aliphatic heterocycles. The van der Waals surface area contributed by atoms with Crippen molar-refractivity contribution in [1.82, 2.24) is 0 Å². The molecule has 0 heterocycles. The molecule has 0 saturated heterocycles. The molecule has 0 spiro atoms. The Bertz CT molecular complexity index is 290. The van der Waals surface area contributed by atoms with E-state index in [2.05, 4.69) is 6.92 Å². The van der Waals surface area contributed by atoms with E-state index in [4.69, 9.17) is 22.3 Å². The van der Waals surface area contributed by atoms with E-state index in [0.29, 0.717) is 6.61 Å². The molecule has 132 valence electrons. The van der Waals surface area contributed by atoms with Crippen molar-refractivity contribution < 1.29 is 27.4 Å². The average molecular weight is 352 g/mol. The Morgan fingerprint density at radius 1 is 0.864 bits per heavy atom. The fourth-order valence-electron chi connectivity index (χ4n) is 1.91. The average Bonchev–Trinajstić information content (AvgIpc) is 2.35. The molecule has 0 aromatic rings. The first-order chi connectivity index (χ1) is 9.81. The Labute approximate surface area is 157 Å². The molecular weight excluding hydrogens is 319 g/mol. The molecule has 3 N–H and O–H groups in total. The van der Waals surface area contributed by atoms with E-state index in [1.807, 2.05) is 6.92 Å². The summed E-state index contributed by atoms with van der Waals surface area (Å²) in [5, 5.41) is 9.33. The van der Waals surface area contributed by atoms with Gasteiger partial charge in [0.25, 0.3) is 0 Å². The Morgan fingerprint density at radius 2 is 1.23 bits per heavy atom. The van der Waals surface area contributed by atoms with Crippen LogP contribution in [0.25, 0.3) is 0 Å². The standard InChI is InChI=1S/C14H30O2.Na.H2O4S.H/c1-3-5-6-7-8-9-10-11-12-13-14(15)16-4-2;;1-5(2,3)4;/h14-15H,3-13H2,1-2H3;;(H2,1,2,3,4);. The maximum atomic E-state index is 9.33. The summed E-state index contributed by atoms with van der Waals surface area (Å²) in [7, 11) is -4.67. The van der Waals surface area contributed by atoms with Crippen LogP contribution in [0.5, 0.6) is 0 Å². The monoisotopic (exact) mass is 352 g/mol. The molecule has 0 aliphatic carbocycles. The molecule has 0 aliphatic rings. The van der Waals surface area contributed by atoms with Crippen LogP contribution in [-0.4, -0.2) is 65.1 Å². The van der Waals surface area contributed by atoms with Gasteiger partial charge >= 0.3 is 40.0 Å². The number of ether oxygens (including phenoxy) is 1. The van der Waals surface area contributed by atoms with Crippen molar-refractivity contribution in [3.05, 3.63) is 0 Å². The number of unbranched alkanes of at least 4 members (excludes halogenated alkanes) is 8. The van der Waals surface area contributed by atoms with Gasteiger partial charge in [0, 0.05) is 6.61 Å². The van der Waals surface area contributed by atoms with Gasteiger partial charge in [-0.25, -0.2) is 0 Å². The van der Waals surface area contributed by atoms with E-state index in [1.54, 1.807) is 0 Å². The van der Waals surface area contributed by atoms with Crippen LogP contribution in [0, 0.1) is 0 Å². The van der Waals surface area contributed by atoms with E-state index < -0.39 is 16.7 Å². The fraction of sp³-hybridized carbons (Fsp3) is 1.00. The van der Waals surface area contributed by atoms with Crippen molar-refractivity contribution in [2.24, 2.45) is 0 Å². The van der Waals surface area contributed by atoms with E-state index in [1.165, 1.54) is 51.4 Å². The second-order valence-electron chi connectivity index (χ2n) is 4.97. The molecule has 8 heteroatoms. The number of aliphatic hydroxyl groups is 1. The van der Waals surface area contributed by atoms with E-state index in [-0.39, 0.29) is 29.6 Å². The van der Waals surface area contributed by atoms with Crippen molar-refractivity contribution in [2.75, 3.05) is 6.61 Å². The van der Waals surface area contributed by atoms with Gasteiger partial charge in [0.15, 0.2) is 6.29 Å². The topological polar surface area (TPSA) is 104 Å². The second kappa shape index (κ2) is 19.8. The summed E-state index contributed by atoms with van der Waals surface area (Å²) in [4.78, 5) is 0. The Kier molecular flexibility index (Phi) is 24.9. The molecule has 0 radical (unpaired) electrons. The second-order valence-corrected chi connectivity index (χ2v) is 5.87. The molecule has 0 saturated carbocycles. The molecule has 1 atom stereocenters. The van der Waals surface area contributed by atoms with Crippen LogP contribution < -0.4 is 0 Å². The molecular formula is C14H33NaO6S. The summed E-state index contributed by atoms with van der Waals surface area (Å²) >= 11 is 0. The summed E-state index contributed by atoms with van der Waals surface area (Å²) in [5.74, 6) is 0. The van der Waals surface area contributed by atoms with Gasteiger partial charge < -0.3 is 9.84 Å². The van der Waals surface area contributed by atoms with Crippen LogP contribution in [0.1, 0.15) is 78.1 Å². The van der Waals surface area contributed by atoms with Gasteiger partial charge in [-0.2, -0.15) is 8.42 Å². The van der Waals surface area contributed by atoms with Gasteiger partial charge in [-0.1, -0.05) is 58.3 Å². The summed E-state index contributed by atoms with van der Waals surface area (Å²) in [6, 6.07) is 0. The van der Waals surface area contributed by atoms with Crippen LogP contribution in [0.2, 0.25) is 0 Å². The molecule has 0 fully saturated rings. The van der Waals surface area contributed by atoms with Gasteiger partial charge in [-0.05, 0) is 19.8 Å². The Morgan fingerprint density at radius 3 is 1.59 bits per heavy atom. The molecule has 0 aromatic carbocycles.